The summed E-state index contributed by atoms with van der Waals surface area (Å²) < 4.78 is 5.37. The fraction of sp³-hybridized carbons (Fsp3) is 0.462. The zero-order valence-electron chi connectivity index (χ0n) is 10.6. The first kappa shape index (κ1) is 13.5. The molecule has 0 aliphatic heterocycles. The van der Waals surface area contributed by atoms with Crippen LogP contribution in [0, 0.1) is 0 Å². The van der Waals surface area contributed by atoms with Crippen LogP contribution in [0.25, 0.3) is 0 Å². The van der Waals surface area contributed by atoms with Crippen LogP contribution in [0.4, 0.5) is 0 Å². The molecule has 0 fully saturated rings. The van der Waals surface area contributed by atoms with Crippen LogP contribution < -0.4 is 15.8 Å². The number of primary amides is 1. The van der Waals surface area contributed by atoms with Gasteiger partial charge < -0.3 is 15.8 Å². The normalized spacial score (nSPS) is 14.1. The van der Waals surface area contributed by atoms with Crippen molar-refractivity contribution in [3.63, 3.8) is 0 Å². The summed E-state index contributed by atoms with van der Waals surface area (Å²) in [6.07, 6.45) is 0.361. The molecule has 1 aromatic rings. The Morgan fingerprint density at radius 1 is 1.35 bits per heavy atom. The largest absolute Gasteiger partial charge is 0.481 e. The average molecular weight is 236 g/mol. The standard InChI is InChI=1S/C13H20N2O2/c1-9(15-3)8-11-4-6-12(7-5-11)17-10(2)13(14)16/h4-7,9-10,15H,8H2,1-3H3,(H2,14,16). The number of hydrogen-bond donors (Lipinski definition) is 2. The monoisotopic (exact) mass is 236 g/mol. The van der Waals surface area contributed by atoms with Gasteiger partial charge in [0.2, 0.25) is 0 Å². The Morgan fingerprint density at radius 2 is 1.94 bits per heavy atom. The molecule has 0 saturated heterocycles. The highest BCUT2D eigenvalue weighted by molar-refractivity contribution is 5.78. The SMILES string of the molecule is CNC(C)Cc1ccc(OC(C)C(N)=O)cc1. The maximum absolute atomic E-state index is 10.8. The highest BCUT2D eigenvalue weighted by Crippen LogP contribution is 2.14. The second-order valence-electron chi connectivity index (χ2n) is 4.20. The minimum absolute atomic E-state index is 0.436. The van der Waals surface area contributed by atoms with Crippen molar-refractivity contribution in [2.75, 3.05) is 7.05 Å². The van der Waals surface area contributed by atoms with Gasteiger partial charge in [0.1, 0.15) is 5.75 Å². The molecule has 3 N–H and O–H groups in total. The van der Waals surface area contributed by atoms with E-state index in [1.165, 1.54) is 5.56 Å². The number of hydrogen-bond acceptors (Lipinski definition) is 3. The Kier molecular flexibility index (Phi) is 4.97. The third-order valence-corrected chi connectivity index (χ3v) is 2.67. The lowest BCUT2D eigenvalue weighted by atomic mass is 10.1. The number of carbonyl (C=O) groups excluding carboxylic acids is 1. The zero-order valence-corrected chi connectivity index (χ0v) is 10.6. The number of nitrogens with two attached hydrogens (primary N) is 1. The predicted octanol–water partition coefficient (Wildman–Crippen LogP) is 1.09. The summed E-state index contributed by atoms with van der Waals surface area (Å²) in [6.45, 7) is 3.76. The molecular weight excluding hydrogens is 216 g/mol. The van der Waals surface area contributed by atoms with Gasteiger partial charge in [-0.3, -0.25) is 4.79 Å². The molecule has 0 bridgehead atoms. The quantitative estimate of drug-likeness (QED) is 0.777. The molecular formula is C13H20N2O2. The molecule has 1 rings (SSSR count). The van der Waals surface area contributed by atoms with Crippen molar-refractivity contribution < 1.29 is 9.53 Å². The van der Waals surface area contributed by atoms with Crippen molar-refractivity contribution in [2.45, 2.75) is 32.4 Å². The zero-order chi connectivity index (χ0) is 12.8. The number of ether oxygens (including phenoxy) is 1. The molecule has 0 aliphatic carbocycles. The van der Waals surface area contributed by atoms with E-state index in [1.807, 2.05) is 31.3 Å². The molecule has 1 aromatic carbocycles. The third-order valence-electron chi connectivity index (χ3n) is 2.67. The Hall–Kier alpha value is -1.55. The van der Waals surface area contributed by atoms with E-state index in [1.54, 1.807) is 6.92 Å². The molecule has 0 radical (unpaired) electrons. The number of nitrogens with one attached hydrogen (secondary N) is 1. The molecule has 0 aromatic heterocycles. The fourth-order valence-electron chi connectivity index (χ4n) is 1.42. The summed E-state index contributed by atoms with van der Waals surface area (Å²) in [5, 5.41) is 3.18. The minimum Gasteiger partial charge on any atom is -0.481 e. The van der Waals surface area contributed by atoms with Crippen LogP contribution >= 0.6 is 0 Å². The van der Waals surface area contributed by atoms with Gasteiger partial charge >= 0.3 is 0 Å². The maximum atomic E-state index is 10.8. The Morgan fingerprint density at radius 3 is 2.41 bits per heavy atom. The van der Waals surface area contributed by atoms with Gasteiger partial charge in [-0.2, -0.15) is 0 Å². The fourth-order valence-corrected chi connectivity index (χ4v) is 1.42. The second kappa shape index (κ2) is 6.25. The Bertz CT molecular complexity index is 362. The molecule has 0 spiro atoms. The van der Waals surface area contributed by atoms with Gasteiger partial charge in [0.15, 0.2) is 6.10 Å². The second-order valence-corrected chi connectivity index (χ2v) is 4.20. The third kappa shape index (κ3) is 4.44. The molecule has 17 heavy (non-hydrogen) atoms. The van der Waals surface area contributed by atoms with E-state index < -0.39 is 12.0 Å². The summed E-state index contributed by atoms with van der Waals surface area (Å²) in [4.78, 5) is 10.8. The van der Waals surface area contributed by atoms with Gasteiger partial charge in [-0.1, -0.05) is 12.1 Å². The molecule has 2 unspecified atom stereocenters. The highest BCUT2D eigenvalue weighted by Gasteiger charge is 2.09. The van der Waals surface area contributed by atoms with Crippen molar-refractivity contribution in [1.29, 1.82) is 0 Å². The van der Waals surface area contributed by atoms with Crippen LogP contribution in [0.3, 0.4) is 0 Å². The lowest BCUT2D eigenvalue weighted by Crippen LogP contribution is -2.30. The Balaban J connectivity index is 2.58. The number of rotatable bonds is 6. The van der Waals surface area contributed by atoms with Crippen LogP contribution in [0.5, 0.6) is 5.75 Å². The lowest BCUT2D eigenvalue weighted by Gasteiger charge is -2.13. The van der Waals surface area contributed by atoms with Crippen molar-refractivity contribution in [3.8, 4) is 5.75 Å². The number of benzene rings is 1. The van der Waals surface area contributed by atoms with E-state index >= 15 is 0 Å². The summed E-state index contributed by atoms with van der Waals surface area (Å²) in [7, 11) is 1.94. The minimum atomic E-state index is -0.600. The van der Waals surface area contributed by atoms with E-state index in [0.717, 1.165) is 6.42 Å². The predicted molar refractivity (Wildman–Crippen MR) is 68.0 cm³/mol. The molecule has 4 nitrogen and oxygen atoms in total. The van der Waals surface area contributed by atoms with E-state index in [2.05, 4.69) is 12.2 Å². The molecule has 1 amide bonds. The lowest BCUT2D eigenvalue weighted by molar-refractivity contribution is -0.123. The first-order valence-corrected chi connectivity index (χ1v) is 5.75. The van der Waals surface area contributed by atoms with Crippen molar-refractivity contribution in [2.24, 2.45) is 5.73 Å². The van der Waals surface area contributed by atoms with E-state index in [-0.39, 0.29) is 0 Å². The highest BCUT2D eigenvalue weighted by atomic mass is 16.5. The molecule has 0 saturated carbocycles. The summed E-state index contributed by atoms with van der Waals surface area (Å²) in [5.41, 5.74) is 6.35. The topological polar surface area (TPSA) is 64.3 Å². The van der Waals surface area contributed by atoms with E-state index in [0.29, 0.717) is 11.8 Å². The van der Waals surface area contributed by atoms with Gasteiger partial charge in [-0.05, 0) is 45.0 Å². The van der Waals surface area contributed by atoms with Crippen LogP contribution in [0.1, 0.15) is 19.4 Å². The van der Waals surface area contributed by atoms with Crippen LogP contribution in [0.15, 0.2) is 24.3 Å². The van der Waals surface area contributed by atoms with Crippen molar-refractivity contribution >= 4 is 5.91 Å². The molecule has 0 heterocycles. The summed E-state index contributed by atoms with van der Waals surface area (Å²) >= 11 is 0. The average Bonchev–Trinajstić information content (AvgIpc) is 2.31. The van der Waals surface area contributed by atoms with Crippen LogP contribution in [0.2, 0.25) is 0 Å². The maximum Gasteiger partial charge on any atom is 0.258 e. The molecule has 0 aliphatic rings. The smallest absolute Gasteiger partial charge is 0.258 e. The van der Waals surface area contributed by atoms with Crippen molar-refractivity contribution in [3.05, 3.63) is 29.8 Å². The number of carbonyl (C=O) groups is 1. The van der Waals surface area contributed by atoms with Gasteiger partial charge in [0.05, 0.1) is 0 Å². The molecule has 94 valence electrons. The van der Waals surface area contributed by atoms with Gasteiger partial charge in [0.25, 0.3) is 5.91 Å². The number of amides is 1. The Labute approximate surface area is 102 Å². The molecule has 2 atom stereocenters. The summed E-state index contributed by atoms with van der Waals surface area (Å²) in [6, 6.07) is 8.15. The number of likely N-dealkylation sites (N-methyl/N-ethyl adjacent to an activating group) is 1. The summed E-state index contributed by atoms with van der Waals surface area (Å²) in [5.74, 6) is 0.204. The van der Waals surface area contributed by atoms with Crippen molar-refractivity contribution in [1.82, 2.24) is 5.32 Å². The van der Waals surface area contributed by atoms with Gasteiger partial charge in [-0.15, -0.1) is 0 Å². The van der Waals surface area contributed by atoms with E-state index in [4.69, 9.17) is 10.5 Å². The van der Waals surface area contributed by atoms with Gasteiger partial charge in [-0.25, -0.2) is 0 Å². The van der Waals surface area contributed by atoms with Crippen LogP contribution in [-0.4, -0.2) is 25.1 Å². The molecule has 4 heteroatoms. The van der Waals surface area contributed by atoms with E-state index in [9.17, 15) is 4.79 Å². The van der Waals surface area contributed by atoms with Gasteiger partial charge in [0, 0.05) is 6.04 Å². The first-order valence-electron chi connectivity index (χ1n) is 5.75. The van der Waals surface area contributed by atoms with Crippen LogP contribution in [-0.2, 0) is 11.2 Å². The first-order chi connectivity index (χ1) is 8.02.